The minimum atomic E-state index is 0.473. The lowest BCUT2D eigenvalue weighted by atomic mass is 10.2. The highest BCUT2D eigenvalue weighted by molar-refractivity contribution is 7.99. The Kier molecular flexibility index (Phi) is 2.55. The van der Waals surface area contributed by atoms with Crippen molar-refractivity contribution in [1.29, 1.82) is 5.26 Å². The fourth-order valence-electron chi connectivity index (χ4n) is 1.61. The molecule has 0 amide bonds. The Bertz CT molecular complexity index is 320. The normalized spacial score (nSPS) is 21.6. The molecule has 1 fully saturated rings. The highest BCUT2D eigenvalue weighted by atomic mass is 32.2. The lowest BCUT2D eigenvalue weighted by Gasteiger charge is -2.11. The van der Waals surface area contributed by atoms with Crippen LogP contribution in [0.4, 0.5) is 0 Å². The van der Waals surface area contributed by atoms with Gasteiger partial charge in [0.25, 0.3) is 0 Å². The molecule has 1 aliphatic rings. The van der Waals surface area contributed by atoms with E-state index in [-0.39, 0.29) is 0 Å². The molecule has 1 aromatic rings. The first-order chi connectivity index (χ1) is 6.42. The van der Waals surface area contributed by atoms with Crippen LogP contribution in [0.25, 0.3) is 0 Å². The molecule has 0 aromatic carbocycles. The van der Waals surface area contributed by atoms with Crippen molar-refractivity contribution in [2.75, 3.05) is 11.5 Å². The zero-order chi connectivity index (χ0) is 9.10. The van der Waals surface area contributed by atoms with E-state index in [1.165, 1.54) is 12.2 Å². The largest absolute Gasteiger partial charge is 0.265 e. The summed E-state index contributed by atoms with van der Waals surface area (Å²) in [5.74, 6) is 2.36. The average Bonchev–Trinajstić information content (AvgIpc) is 2.71. The summed E-state index contributed by atoms with van der Waals surface area (Å²) in [7, 11) is 0. The van der Waals surface area contributed by atoms with Crippen LogP contribution in [0.5, 0.6) is 0 Å². The molecule has 1 atom stereocenters. The Morgan fingerprint density at radius 3 is 3.38 bits per heavy atom. The van der Waals surface area contributed by atoms with E-state index in [0.29, 0.717) is 12.5 Å². The summed E-state index contributed by atoms with van der Waals surface area (Å²) in [4.78, 5) is 0. The van der Waals surface area contributed by atoms with Crippen LogP contribution in [-0.2, 0) is 6.42 Å². The lowest BCUT2D eigenvalue weighted by Crippen LogP contribution is -2.12. The standard InChI is InChI=1S/C9H11N3S/c10-4-1-8-2-5-11-12(8)9-3-6-13-7-9/h2,5,9H,1,3,6-7H2. The van der Waals surface area contributed by atoms with E-state index in [0.717, 1.165) is 11.4 Å². The Labute approximate surface area is 81.7 Å². The van der Waals surface area contributed by atoms with Gasteiger partial charge in [-0.3, -0.25) is 4.68 Å². The van der Waals surface area contributed by atoms with Crippen LogP contribution in [0.3, 0.4) is 0 Å². The molecule has 0 aliphatic carbocycles. The van der Waals surface area contributed by atoms with E-state index >= 15 is 0 Å². The molecule has 0 spiro atoms. The summed E-state index contributed by atoms with van der Waals surface area (Å²) in [5, 5.41) is 12.9. The van der Waals surface area contributed by atoms with Gasteiger partial charge in [0.15, 0.2) is 0 Å². The molecule has 1 aliphatic heterocycles. The number of nitrogens with zero attached hydrogens (tertiary/aromatic N) is 3. The maximum atomic E-state index is 8.61. The summed E-state index contributed by atoms with van der Waals surface area (Å²) in [5.41, 5.74) is 1.05. The van der Waals surface area contributed by atoms with Crippen LogP contribution in [-0.4, -0.2) is 21.3 Å². The number of hydrogen-bond acceptors (Lipinski definition) is 3. The number of hydrogen-bond donors (Lipinski definition) is 0. The Balaban J connectivity index is 2.19. The smallest absolute Gasteiger partial charge is 0.0771 e. The minimum absolute atomic E-state index is 0.473. The number of thioether (sulfide) groups is 1. The topological polar surface area (TPSA) is 41.6 Å². The summed E-state index contributed by atoms with van der Waals surface area (Å²) >= 11 is 1.96. The highest BCUT2D eigenvalue weighted by Gasteiger charge is 2.19. The van der Waals surface area contributed by atoms with Crippen LogP contribution in [0, 0.1) is 11.3 Å². The van der Waals surface area contributed by atoms with Crippen LogP contribution < -0.4 is 0 Å². The molecule has 4 heteroatoms. The van der Waals surface area contributed by atoms with Gasteiger partial charge < -0.3 is 0 Å². The zero-order valence-corrected chi connectivity index (χ0v) is 8.13. The molecule has 1 saturated heterocycles. The fourth-order valence-corrected chi connectivity index (χ4v) is 2.79. The summed E-state index contributed by atoms with van der Waals surface area (Å²) in [6.45, 7) is 0. The van der Waals surface area contributed by atoms with Crippen LogP contribution >= 0.6 is 11.8 Å². The fraction of sp³-hybridized carbons (Fsp3) is 0.556. The molecular formula is C9H11N3S. The average molecular weight is 193 g/mol. The Morgan fingerprint density at radius 1 is 1.77 bits per heavy atom. The van der Waals surface area contributed by atoms with Gasteiger partial charge in [-0.1, -0.05) is 0 Å². The lowest BCUT2D eigenvalue weighted by molar-refractivity contribution is 0.487. The molecule has 3 nitrogen and oxygen atoms in total. The SMILES string of the molecule is N#CCc1ccnn1C1CCSC1. The van der Waals surface area contributed by atoms with Gasteiger partial charge in [0, 0.05) is 11.9 Å². The maximum Gasteiger partial charge on any atom is 0.0771 e. The van der Waals surface area contributed by atoms with Crippen LogP contribution in [0.1, 0.15) is 18.2 Å². The van der Waals surface area contributed by atoms with Crippen LogP contribution in [0.2, 0.25) is 0 Å². The monoisotopic (exact) mass is 193 g/mol. The molecule has 0 radical (unpaired) electrons. The molecule has 1 aromatic heterocycles. The molecule has 1 unspecified atom stereocenters. The van der Waals surface area contributed by atoms with E-state index in [9.17, 15) is 0 Å². The van der Waals surface area contributed by atoms with Gasteiger partial charge in [-0.15, -0.1) is 0 Å². The Hall–Kier alpha value is -0.950. The quantitative estimate of drug-likeness (QED) is 0.716. The summed E-state index contributed by atoms with van der Waals surface area (Å²) in [6.07, 6.45) is 3.45. The zero-order valence-electron chi connectivity index (χ0n) is 7.31. The van der Waals surface area contributed by atoms with Crippen LogP contribution in [0.15, 0.2) is 12.3 Å². The van der Waals surface area contributed by atoms with Crippen molar-refractivity contribution in [3.05, 3.63) is 18.0 Å². The summed E-state index contributed by atoms with van der Waals surface area (Å²) in [6, 6.07) is 4.62. The third-order valence-electron chi connectivity index (χ3n) is 2.26. The van der Waals surface area contributed by atoms with E-state index in [1.807, 2.05) is 22.5 Å². The van der Waals surface area contributed by atoms with E-state index in [2.05, 4.69) is 11.2 Å². The predicted molar refractivity (Wildman–Crippen MR) is 52.5 cm³/mol. The summed E-state index contributed by atoms with van der Waals surface area (Å²) < 4.78 is 2.02. The van der Waals surface area contributed by atoms with Crippen molar-refractivity contribution in [2.45, 2.75) is 18.9 Å². The third kappa shape index (κ3) is 1.70. The predicted octanol–water partition coefficient (Wildman–Crippen LogP) is 1.63. The van der Waals surface area contributed by atoms with Gasteiger partial charge in [-0.05, 0) is 18.2 Å². The van der Waals surface area contributed by atoms with Gasteiger partial charge in [0.1, 0.15) is 0 Å². The van der Waals surface area contributed by atoms with Crippen molar-refractivity contribution in [3.8, 4) is 6.07 Å². The van der Waals surface area contributed by atoms with E-state index in [1.54, 1.807) is 6.20 Å². The molecule has 0 bridgehead atoms. The van der Waals surface area contributed by atoms with Gasteiger partial charge in [0.2, 0.25) is 0 Å². The molecule has 0 N–H and O–H groups in total. The van der Waals surface area contributed by atoms with Crippen molar-refractivity contribution < 1.29 is 0 Å². The van der Waals surface area contributed by atoms with Crippen molar-refractivity contribution in [1.82, 2.24) is 9.78 Å². The minimum Gasteiger partial charge on any atom is -0.265 e. The molecule has 13 heavy (non-hydrogen) atoms. The number of rotatable bonds is 2. The highest BCUT2D eigenvalue weighted by Crippen LogP contribution is 2.28. The second kappa shape index (κ2) is 3.84. The van der Waals surface area contributed by atoms with Crippen molar-refractivity contribution >= 4 is 11.8 Å². The molecule has 2 heterocycles. The van der Waals surface area contributed by atoms with Gasteiger partial charge in [-0.25, -0.2) is 0 Å². The molecule has 0 saturated carbocycles. The molecule has 2 rings (SSSR count). The Morgan fingerprint density at radius 2 is 2.69 bits per heavy atom. The first-order valence-corrected chi connectivity index (χ1v) is 5.54. The van der Waals surface area contributed by atoms with Gasteiger partial charge >= 0.3 is 0 Å². The number of nitriles is 1. The first-order valence-electron chi connectivity index (χ1n) is 4.39. The van der Waals surface area contributed by atoms with Gasteiger partial charge in [-0.2, -0.15) is 22.1 Å². The van der Waals surface area contributed by atoms with Gasteiger partial charge in [0.05, 0.1) is 24.2 Å². The van der Waals surface area contributed by atoms with Crippen molar-refractivity contribution in [2.24, 2.45) is 0 Å². The maximum absolute atomic E-state index is 8.61. The second-order valence-corrected chi connectivity index (χ2v) is 4.27. The second-order valence-electron chi connectivity index (χ2n) is 3.12. The van der Waals surface area contributed by atoms with Crippen molar-refractivity contribution in [3.63, 3.8) is 0 Å². The molecule has 68 valence electrons. The first kappa shape index (κ1) is 8.64. The van der Waals surface area contributed by atoms with E-state index in [4.69, 9.17) is 5.26 Å². The van der Waals surface area contributed by atoms with E-state index < -0.39 is 0 Å². The number of aromatic nitrogens is 2. The third-order valence-corrected chi connectivity index (χ3v) is 3.41. The molecular weight excluding hydrogens is 182 g/mol.